The van der Waals surface area contributed by atoms with Gasteiger partial charge >= 0.3 is 0 Å². The Labute approximate surface area is 181 Å². The Balaban J connectivity index is 1.35. The number of nitrogens with zero attached hydrogens (tertiary/aromatic N) is 2. The molecular weight excluding hydrogens is 386 g/mol. The van der Waals surface area contributed by atoms with Crippen molar-refractivity contribution in [3.63, 3.8) is 0 Å². The van der Waals surface area contributed by atoms with E-state index >= 15 is 0 Å². The number of nitrogens with one attached hydrogen (secondary N) is 1. The predicted octanol–water partition coefficient (Wildman–Crippen LogP) is 5.80. The first-order chi connectivity index (χ1) is 15.3. The fourth-order valence-corrected chi connectivity index (χ4v) is 3.95. The van der Waals surface area contributed by atoms with E-state index < -0.39 is 0 Å². The van der Waals surface area contributed by atoms with Crippen LogP contribution in [0.3, 0.4) is 0 Å². The molecule has 1 N–H and O–H groups in total. The second-order valence-electron chi connectivity index (χ2n) is 7.80. The van der Waals surface area contributed by atoms with Crippen molar-refractivity contribution >= 4 is 16.8 Å². The number of aromatic nitrogens is 1. The van der Waals surface area contributed by atoms with Crippen LogP contribution in [0, 0.1) is 5.92 Å². The van der Waals surface area contributed by atoms with Crippen molar-refractivity contribution in [1.82, 2.24) is 10.4 Å². The molecule has 3 aromatic carbocycles. The third kappa shape index (κ3) is 4.17. The molecule has 0 bridgehead atoms. The summed E-state index contributed by atoms with van der Waals surface area (Å²) in [6.45, 7) is 3.69. The van der Waals surface area contributed by atoms with Crippen LogP contribution in [0.2, 0.25) is 0 Å². The summed E-state index contributed by atoms with van der Waals surface area (Å²) in [5.41, 5.74) is 9.03. The lowest BCUT2D eigenvalue weighted by Gasteiger charge is -2.22. The molecule has 1 atom stereocenters. The fourth-order valence-electron chi connectivity index (χ4n) is 3.95. The molecule has 1 aliphatic heterocycles. The molecule has 1 unspecified atom stereocenters. The van der Waals surface area contributed by atoms with E-state index in [-0.39, 0.29) is 0 Å². The van der Waals surface area contributed by atoms with Crippen LogP contribution in [0.5, 0.6) is 5.75 Å². The molecule has 5 heteroatoms. The SMILES string of the molecule is CCC1CCNN=C1c1ccc2nc(-c3ccc(OCc4ccccc4)cc3)oc2c1. The number of hydrogen-bond acceptors (Lipinski definition) is 5. The first kappa shape index (κ1) is 19.4. The van der Waals surface area contributed by atoms with Gasteiger partial charge in [-0.25, -0.2) is 4.98 Å². The standard InChI is InChI=1S/C26H25N3O2/c1-2-19-14-15-27-29-25(19)21-10-13-23-24(16-21)31-26(28-23)20-8-11-22(12-9-20)30-17-18-6-4-3-5-7-18/h3-13,16,19,27H,2,14-15,17H2,1H3. The van der Waals surface area contributed by atoms with Crippen LogP contribution in [0.15, 0.2) is 82.3 Å². The minimum atomic E-state index is 0.476. The highest BCUT2D eigenvalue weighted by Gasteiger charge is 2.20. The topological polar surface area (TPSA) is 59.7 Å². The Kier molecular flexibility index (Phi) is 5.40. The molecule has 0 spiro atoms. The van der Waals surface area contributed by atoms with Gasteiger partial charge in [-0.1, -0.05) is 43.3 Å². The highest BCUT2D eigenvalue weighted by Crippen LogP contribution is 2.28. The maximum absolute atomic E-state index is 6.10. The summed E-state index contributed by atoms with van der Waals surface area (Å²) in [4.78, 5) is 4.67. The van der Waals surface area contributed by atoms with Gasteiger partial charge in [0.2, 0.25) is 5.89 Å². The minimum absolute atomic E-state index is 0.476. The van der Waals surface area contributed by atoms with E-state index in [0.717, 1.165) is 58.6 Å². The molecule has 2 heterocycles. The summed E-state index contributed by atoms with van der Waals surface area (Å²) in [6, 6.07) is 24.2. The van der Waals surface area contributed by atoms with Crippen LogP contribution >= 0.6 is 0 Å². The fraction of sp³-hybridized carbons (Fsp3) is 0.231. The Morgan fingerprint density at radius 2 is 1.81 bits per heavy atom. The van der Waals surface area contributed by atoms with Gasteiger partial charge in [0.1, 0.15) is 17.9 Å². The van der Waals surface area contributed by atoms with Crippen molar-refractivity contribution in [2.45, 2.75) is 26.4 Å². The Bertz CT molecular complexity index is 1200. The first-order valence-electron chi connectivity index (χ1n) is 10.8. The van der Waals surface area contributed by atoms with E-state index in [9.17, 15) is 0 Å². The Hall–Kier alpha value is -3.60. The molecule has 5 rings (SSSR count). The van der Waals surface area contributed by atoms with E-state index in [1.807, 2.05) is 48.5 Å². The number of hydrogen-bond donors (Lipinski definition) is 1. The molecule has 4 aromatic rings. The summed E-state index contributed by atoms with van der Waals surface area (Å²) in [7, 11) is 0. The lowest BCUT2D eigenvalue weighted by atomic mass is 9.90. The van der Waals surface area contributed by atoms with Crippen LogP contribution in [-0.2, 0) is 6.61 Å². The van der Waals surface area contributed by atoms with Gasteiger partial charge in [0, 0.05) is 23.6 Å². The number of hydrazone groups is 1. The van der Waals surface area contributed by atoms with Crippen LogP contribution < -0.4 is 10.2 Å². The lowest BCUT2D eigenvalue weighted by Crippen LogP contribution is -2.28. The monoisotopic (exact) mass is 411 g/mol. The third-order valence-electron chi connectivity index (χ3n) is 5.72. The van der Waals surface area contributed by atoms with Crippen LogP contribution in [0.4, 0.5) is 0 Å². The molecule has 1 aliphatic rings. The average Bonchev–Trinajstić information content (AvgIpc) is 3.27. The van der Waals surface area contributed by atoms with E-state index in [1.165, 1.54) is 0 Å². The number of fused-ring (bicyclic) bond motifs is 1. The second kappa shape index (κ2) is 8.64. The van der Waals surface area contributed by atoms with E-state index in [1.54, 1.807) is 0 Å². The van der Waals surface area contributed by atoms with Gasteiger partial charge in [0.05, 0.1) is 5.71 Å². The third-order valence-corrected chi connectivity index (χ3v) is 5.72. The zero-order valence-electron chi connectivity index (χ0n) is 17.5. The molecule has 0 saturated carbocycles. The molecule has 0 saturated heterocycles. The maximum atomic E-state index is 6.10. The van der Waals surface area contributed by atoms with Gasteiger partial charge < -0.3 is 14.6 Å². The van der Waals surface area contributed by atoms with Gasteiger partial charge in [0.15, 0.2) is 5.58 Å². The Morgan fingerprint density at radius 1 is 1.00 bits per heavy atom. The average molecular weight is 412 g/mol. The first-order valence-corrected chi connectivity index (χ1v) is 10.8. The number of benzene rings is 3. The minimum Gasteiger partial charge on any atom is -0.489 e. The van der Waals surface area contributed by atoms with Gasteiger partial charge in [-0.05, 0) is 54.8 Å². The molecule has 0 fully saturated rings. The number of ether oxygens (including phenoxy) is 1. The highest BCUT2D eigenvalue weighted by molar-refractivity contribution is 6.04. The van der Waals surface area contributed by atoms with Crippen molar-refractivity contribution in [2.75, 3.05) is 6.54 Å². The zero-order chi connectivity index (χ0) is 21.0. The molecule has 1 aromatic heterocycles. The molecule has 0 amide bonds. The van der Waals surface area contributed by atoms with Crippen molar-refractivity contribution in [2.24, 2.45) is 11.0 Å². The second-order valence-corrected chi connectivity index (χ2v) is 7.80. The quantitative estimate of drug-likeness (QED) is 0.436. The molecule has 5 nitrogen and oxygen atoms in total. The number of oxazole rings is 1. The van der Waals surface area contributed by atoms with E-state index in [2.05, 4.69) is 46.7 Å². The van der Waals surface area contributed by atoms with Crippen molar-refractivity contribution < 1.29 is 9.15 Å². The van der Waals surface area contributed by atoms with Crippen LogP contribution in [0.1, 0.15) is 30.9 Å². The molecule has 156 valence electrons. The van der Waals surface area contributed by atoms with Crippen molar-refractivity contribution in [1.29, 1.82) is 0 Å². The molecule has 0 aliphatic carbocycles. The smallest absolute Gasteiger partial charge is 0.227 e. The summed E-state index contributed by atoms with van der Waals surface area (Å²) in [5.74, 6) is 1.90. The van der Waals surface area contributed by atoms with E-state index in [0.29, 0.717) is 18.4 Å². The summed E-state index contributed by atoms with van der Waals surface area (Å²) in [6.07, 6.45) is 2.19. The van der Waals surface area contributed by atoms with Crippen LogP contribution in [-0.4, -0.2) is 17.2 Å². The van der Waals surface area contributed by atoms with Gasteiger partial charge in [-0.3, -0.25) is 0 Å². The predicted molar refractivity (Wildman–Crippen MR) is 123 cm³/mol. The van der Waals surface area contributed by atoms with E-state index in [4.69, 9.17) is 9.15 Å². The van der Waals surface area contributed by atoms with Gasteiger partial charge in [-0.2, -0.15) is 5.10 Å². The zero-order valence-corrected chi connectivity index (χ0v) is 17.5. The highest BCUT2D eigenvalue weighted by atomic mass is 16.5. The summed E-state index contributed by atoms with van der Waals surface area (Å²) in [5, 5.41) is 4.56. The molecule has 0 radical (unpaired) electrons. The number of rotatable bonds is 6. The van der Waals surface area contributed by atoms with Crippen LogP contribution in [0.25, 0.3) is 22.6 Å². The summed E-state index contributed by atoms with van der Waals surface area (Å²) >= 11 is 0. The largest absolute Gasteiger partial charge is 0.489 e. The molecular formula is C26H25N3O2. The Morgan fingerprint density at radius 3 is 2.61 bits per heavy atom. The molecule has 31 heavy (non-hydrogen) atoms. The summed E-state index contributed by atoms with van der Waals surface area (Å²) < 4.78 is 12.0. The lowest BCUT2D eigenvalue weighted by molar-refractivity contribution is 0.306. The van der Waals surface area contributed by atoms with Crippen molar-refractivity contribution in [3.05, 3.63) is 83.9 Å². The van der Waals surface area contributed by atoms with Gasteiger partial charge in [-0.15, -0.1) is 0 Å². The maximum Gasteiger partial charge on any atom is 0.227 e. The van der Waals surface area contributed by atoms with Gasteiger partial charge in [0.25, 0.3) is 0 Å². The van der Waals surface area contributed by atoms with Crippen molar-refractivity contribution in [3.8, 4) is 17.2 Å². The normalized spacial score (nSPS) is 16.0.